The van der Waals surface area contributed by atoms with Crippen molar-refractivity contribution in [2.24, 2.45) is 0 Å². The summed E-state index contributed by atoms with van der Waals surface area (Å²) in [7, 11) is 0. The van der Waals surface area contributed by atoms with E-state index in [-0.39, 0.29) is 17.9 Å². The molecule has 1 fully saturated rings. The van der Waals surface area contributed by atoms with Gasteiger partial charge in [-0.2, -0.15) is 0 Å². The number of carbonyl (C=O) groups is 2. The molecule has 3 heterocycles. The largest absolute Gasteiger partial charge is 0.353 e. The first kappa shape index (κ1) is 19.0. The van der Waals surface area contributed by atoms with E-state index < -0.39 is 0 Å². The molecule has 1 aliphatic heterocycles. The van der Waals surface area contributed by atoms with E-state index in [1.165, 1.54) is 11.3 Å². The van der Waals surface area contributed by atoms with E-state index in [1.54, 1.807) is 11.3 Å². The van der Waals surface area contributed by atoms with Crippen LogP contribution >= 0.6 is 22.7 Å². The van der Waals surface area contributed by atoms with E-state index in [1.807, 2.05) is 43.2 Å². The van der Waals surface area contributed by atoms with E-state index >= 15 is 0 Å². The molecule has 2 aromatic rings. The van der Waals surface area contributed by atoms with Crippen LogP contribution in [0.15, 0.2) is 17.5 Å². The highest BCUT2D eigenvalue weighted by Gasteiger charge is 2.26. The van der Waals surface area contributed by atoms with E-state index in [9.17, 15) is 9.59 Å². The van der Waals surface area contributed by atoms with Crippen LogP contribution in [0.2, 0.25) is 0 Å². The third-order valence-corrected chi connectivity index (χ3v) is 6.38. The number of thiophene rings is 1. The SMILES string of the molecule is Cc1nc(-c2cccs2)sc1C(=O)N1CCN(CC(=O)NC(C)C)CC1. The number of amides is 2. The van der Waals surface area contributed by atoms with Crippen molar-refractivity contribution in [2.45, 2.75) is 26.8 Å². The van der Waals surface area contributed by atoms with Gasteiger partial charge >= 0.3 is 0 Å². The number of rotatable bonds is 5. The standard InChI is InChI=1S/C18H24N4O2S2/c1-12(2)19-15(23)11-21-6-8-22(9-7-21)18(24)16-13(3)20-17(26-16)14-5-4-10-25-14/h4-5,10,12H,6-9,11H2,1-3H3,(H,19,23). The Morgan fingerprint density at radius 3 is 2.62 bits per heavy atom. The van der Waals surface area contributed by atoms with Crippen molar-refractivity contribution < 1.29 is 9.59 Å². The molecule has 140 valence electrons. The summed E-state index contributed by atoms with van der Waals surface area (Å²) in [5.41, 5.74) is 0.794. The lowest BCUT2D eigenvalue weighted by molar-refractivity contribution is -0.123. The van der Waals surface area contributed by atoms with E-state index in [0.717, 1.165) is 20.5 Å². The fourth-order valence-electron chi connectivity index (χ4n) is 2.92. The zero-order chi connectivity index (χ0) is 18.7. The summed E-state index contributed by atoms with van der Waals surface area (Å²) in [5, 5.41) is 5.83. The number of aromatic nitrogens is 1. The first-order valence-electron chi connectivity index (χ1n) is 8.76. The zero-order valence-corrected chi connectivity index (χ0v) is 17.0. The minimum absolute atomic E-state index is 0.0404. The maximum Gasteiger partial charge on any atom is 0.265 e. The monoisotopic (exact) mass is 392 g/mol. The molecule has 0 aromatic carbocycles. The van der Waals surface area contributed by atoms with Crippen LogP contribution in [-0.2, 0) is 4.79 Å². The zero-order valence-electron chi connectivity index (χ0n) is 15.3. The van der Waals surface area contributed by atoms with Crippen LogP contribution in [0, 0.1) is 6.92 Å². The van der Waals surface area contributed by atoms with Crippen LogP contribution in [0.4, 0.5) is 0 Å². The van der Waals surface area contributed by atoms with Crippen molar-refractivity contribution in [3.63, 3.8) is 0 Å². The van der Waals surface area contributed by atoms with Gasteiger partial charge in [-0.05, 0) is 32.2 Å². The lowest BCUT2D eigenvalue weighted by atomic mass is 10.2. The van der Waals surface area contributed by atoms with E-state index in [4.69, 9.17) is 0 Å². The number of hydrogen-bond donors (Lipinski definition) is 1. The van der Waals surface area contributed by atoms with Gasteiger partial charge in [0.15, 0.2) is 0 Å². The van der Waals surface area contributed by atoms with Crippen LogP contribution in [0.1, 0.15) is 29.2 Å². The summed E-state index contributed by atoms with van der Waals surface area (Å²) < 4.78 is 0. The predicted molar refractivity (Wildman–Crippen MR) is 106 cm³/mol. The van der Waals surface area contributed by atoms with Gasteiger partial charge in [0.1, 0.15) is 9.88 Å². The number of aryl methyl sites for hydroxylation is 1. The van der Waals surface area contributed by atoms with Gasteiger partial charge in [0.2, 0.25) is 5.91 Å². The fraction of sp³-hybridized carbons (Fsp3) is 0.500. The fourth-order valence-corrected chi connectivity index (χ4v) is 4.75. The second-order valence-corrected chi connectivity index (χ2v) is 8.65. The molecule has 0 radical (unpaired) electrons. The van der Waals surface area contributed by atoms with Crippen LogP contribution in [0.3, 0.4) is 0 Å². The second kappa shape index (κ2) is 8.28. The Balaban J connectivity index is 1.58. The van der Waals surface area contributed by atoms with Crippen molar-refractivity contribution in [1.82, 2.24) is 20.1 Å². The lowest BCUT2D eigenvalue weighted by Gasteiger charge is -2.34. The maximum absolute atomic E-state index is 12.9. The highest BCUT2D eigenvalue weighted by molar-refractivity contribution is 7.22. The number of piperazine rings is 1. The molecule has 3 rings (SSSR count). The Labute approximate surface area is 161 Å². The highest BCUT2D eigenvalue weighted by Crippen LogP contribution is 2.31. The number of thiazole rings is 1. The van der Waals surface area contributed by atoms with Crippen molar-refractivity contribution in [3.8, 4) is 9.88 Å². The molecule has 26 heavy (non-hydrogen) atoms. The van der Waals surface area contributed by atoms with E-state index in [0.29, 0.717) is 32.7 Å². The molecule has 1 saturated heterocycles. The minimum atomic E-state index is 0.0404. The van der Waals surface area contributed by atoms with Gasteiger partial charge in [-0.25, -0.2) is 4.98 Å². The smallest absolute Gasteiger partial charge is 0.265 e. The number of nitrogens with zero attached hydrogens (tertiary/aromatic N) is 3. The van der Waals surface area contributed by atoms with Crippen LogP contribution < -0.4 is 5.32 Å². The first-order chi connectivity index (χ1) is 12.4. The predicted octanol–water partition coefficient (Wildman–Crippen LogP) is 2.46. The quantitative estimate of drug-likeness (QED) is 0.849. The molecule has 0 bridgehead atoms. The summed E-state index contributed by atoms with van der Waals surface area (Å²) in [6.07, 6.45) is 0. The second-order valence-electron chi connectivity index (χ2n) is 6.70. The number of hydrogen-bond acceptors (Lipinski definition) is 6. The molecule has 6 nitrogen and oxygen atoms in total. The molecule has 0 saturated carbocycles. The Bertz CT molecular complexity index is 762. The molecular formula is C18H24N4O2S2. The Hall–Kier alpha value is -1.77. The molecule has 0 atom stereocenters. The molecule has 2 amide bonds. The average Bonchev–Trinajstić information content (AvgIpc) is 3.23. The Kier molecular flexibility index (Phi) is 6.05. The summed E-state index contributed by atoms with van der Waals surface area (Å²) >= 11 is 3.10. The summed E-state index contributed by atoms with van der Waals surface area (Å²) in [6.45, 7) is 8.90. The molecule has 0 spiro atoms. The lowest BCUT2D eigenvalue weighted by Crippen LogP contribution is -2.51. The Morgan fingerprint density at radius 1 is 1.27 bits per heavy atom. The van der Waals surface area contributed by atoms with Crippen molar-refractivity contribution in [3.05, 3.63) is 28.1 Å². The van der Waals surface area contributed by atoms with Gasteiger partial charge in [0.25, 0.3) is 5.91 Å². The molecule has 0 aliphatic carbocycles. The Morgan fingerprint density at radius 2 is 2.00 bits per heavy atom. The number of carbonyl (C=O) groups excluding carboxylic acids is 2. The minimum Gasteiger partial charge on any atom is -0.353 e. The van der Waals surface area contributed by atoms with Crippen LogP contribution in [0.5, 0.6) is 0 Å². The van der Waals surface area contributed by atoms with Gasteiger partial charge < -0.3 is 10.2 Å². The van der Waals surface area contributed by atoms with Crippen LogP contribution in [0.25, 0.3) is 9.88 Å². The van der Waals surface area contributed by atoms with Gasteiger partial charge in [-0.1, -0.05) is 6.07 Å². The van der Waals surface area contributed by atoms with Gasteiger partial charge in [-0.3, -0.25) is 14.5 Å². The normalized spacial score (nSPS) is 15.5. The molecule has 1 aliphatic rings. The first-order valence-corrected chi connectivity index (χ1v) is 10.5. The summed E-state index contributed by atoms with van der Waals surface area (Å²) in [6, 6.07) is 4.17. The topological polar surface area (TPSA) is 65.5 Å². The third kappa shape index (κ3) is 4.49. The van der Waals surface area contributed by atoms with Gasteiger partial charge in [-0.15, -0.1) is 22.7 Å². The molecule has 1 N–H and O–H groups in total. The third-order valence-electron chi connectivity index (χ3n) is 4.20. The van der Waals surface area contributed by atoms with Gasteiger partial charge in [0, 0.05) is 32.2 Å². The summed E-state index contributed by atoms with van der Waals surface area (Å²) in [5.74, 6) is 0.0905. The molecule has 2 aromatic heterocycles. The maximum atomic E-state index is 12.9. The summed E-state index contributed by atoms with van der Waals surface area (Å²) in [4.78, 5) is 35.1. The van der Waals surface area contributed by atoms with E-state index in [2.05, 4.69) is 15.2 Å². The molecule has 0 unspecified atom stereocenters. The highest BCUT2D eigenvalue weighted by atomic mass is 32.1. The average molecular weight is 393 g/mol. The molecular weight excluding hydrogens is 368 g/mol. The van der Waals surface area contributed by atoms with Crippen LogP contribution in [-0.4, -0.2) is 65.4 Å². The van der Waals surface area contributed by atoms with Gasteiger partial charge in [0.05, 0.1) is 17.1 Å². The van der Waals surface area contributed by atoms with Crippen molar-refractivity contribution in [2.75, 3.05) is 32.7 Å². The molecule has 8 heteroatoms. The van der Waals surface area contributed by atoms with Crippen molar-refractivity contribution in [1.29, 1.82) is 0 Å². The number of nitrogens with one attached hydrogen (secondary N) is 1. The van der Waals surface area contributed by atoms with Crippen molar-refractivity contribution >= 4 is 34.5 Å².